The number of methoxy groups -OCH3 is 1. The Hall–Kier alpha value is -1.75. The van der Waals surface area contributed by atoms with Gasteiger partial charge >= 0.3 is 0 Å². The molecule has 0 unspecified atom stereocenters. The second-order valence-corrected chi connectivity index (χ2v) is 4.51. The average molecular weight is 280 g/mol. The third-order valence-corrected chi connectivity index (χ3v) is 2.81. The van der Waals surface area contributed by atoms with Crippen molar-refractivity contribution in [2.24, 2.45) is 0 Å². The van der Waals surface area contributed by atoms with Gasteiger partial charge in [0.25, 0.3) is 0 Å². The van der Waals surface area contributed by atoms with Gasteiger partial charge in [0.05, 0.1) is 20.1 Å². The Labute approximate surface area is 120 Å². The Bertz CT molecular complexity index is 410. The van der Waals surface area contributed by atoms with Crippen LogP contribution in [0.1, 0.15) is 20.3 Å². The van der Waals surface area contributed by atoms with Crippen LogP contribution in [0.4, 0.5) is 0 Å². The van der Waals surface area contributed by atoms with E-state index in [1.165, 1.54) is 0 Å². The zero-order chi connectivity index (χ0) is 14.8. The van der Waals surface area contributed by atoms with E-state index in [1.54, 1.807) is 7.11 Å². The fourth-order valence-electron chi connectivity index (χ4n) is 1.77. The van der Waals surface area contributed by atoms with Gasteiger partial charge in [-0.25, -0.2) is 0 Å². The summed E-state index contributed by atoms with van der Waals surface area (Å²) in [6.07, 6.45) is 0.330. The number of hydrogen-bond acceptors (Lipinski definition) is 4. The molecule has 0 aromatic heterocycles. The normalized spacial score (nSPS) is 11.8. The van der Waals surface area contributed by atoms with Crippen LogP contribution in [0, 0.1) is 0 Å². The second-order valence-electron chi connectivity index (χ2n) is 4.51. The first kappa shape index (κ1) is 16.3. The molecule has 0 aliphatic heterocycles. The molecule has 20 heavy (non-hydrogen) atoms. The number of para-hydroxylation sites is 2. The molecule has 0 spiro atoms. The van der Waals surface area contributed by atoms with Gasteiger partial charge in [-0.15, -0.1) is 0 Å². The molecule has 1 amide bonds. The van der Waals surface area contributed by atoms with Crippen LogP contribution in [0.3, 0.4) is 0 Å². The van der Waals surface area contributed by atoms with Crippen LogP contribution >= 0.6 is 0 Å². The summed E-state index contributed by atoms with van der Waals surface area (Å²) in [6.45, 7) is 5.94. The Kier molecular flexibility index (Phi) is 7.50. The highest BCUT2D eigenvalue weighted by Crippen LogP contribution is 2.25. The second kappa shape index (κ2) is 9.20. The number of carbonyl (C=O) groups excluding carboxylic acids is 1. The van der Waals surface area contributed by atoms with Crippen LogP contribution in [-0.2, 0) is 4.79 Å². The number of ether oxygens (including phenoxy) is 2. The molecule has 0 bridgehead atoms. The molecule has 0 aliphatic carbocycles. The van der Waals surface area contributed by atoms with Crippen LogP contribution in [0.25, 0.3) is 0 Å². The molecule has 5 heteroatoms. The zero-order valence-corrected chi connectivity index (χ0v) is 12.4. The third kappa shape index (κ3) is 5.93. The van der Waals surface area contributed by atoms with E-state index in [0.29, 0.717) is 31.1 Å². The summed E-state index contributed by atoms with van der Waals surface area (Å²) in [5.41, 5.74) is 0. The van der Waals surface area contributed by atoms with Crippen molar-refractivity contribution in [1.82, 2.24) is 10.6 Å². The summed E-state index contributed by atoms with van der Waals surface area (Å²) in [4.78, 5) is 11.6. The fourth-order valence-corrected chi connectivity index (χ4v) is 1.77. The number of amides is 1. The number of benzene rings is 1. The van der Waals surface area contributed by atoms with Crippen molar-refractivity contribution in [3.05, 3.63) is 24.3 Å². The number of likely N-dealkylation sites (N-methyl/N-ethyl adjacent to an activating group) is 1. The highest BCUT2D eigenvalue weighted by atomic mass is 16.5. The largest absolute Gasteiger partial charge is 0.493 e. The topological polar surface area (TPSA) is 59.6 Å². The minimum absolute atomic E-state index is 0.00958. The van der Waals surface area contributed by atoms with Gasteiger partial charge in [-0.3, -0.25) is 4.79 Å². The quantitative estimate of drug-likeness (QED) is 0.721. The molecule has 112 valence electrons. The predicted molar refractivity (Wildman–Crippen MR) is 79.3 cm³/mol. The Morgan fingerprint density at radius 2 is 2.00 bits per heavy atom. The summed E-state index contributed by atoms with van der Waals surface area (Å²) >= 11 is 0. The van der Waals surface area contributed by atoms with Gasteiger partial charge in [-0.1, -0.05) is 19.1 Å². The summed E-state index contributed by atoms with van der Waals surface area (Å²) in [5.74, 6) is 1.32. The lowest BCUT2D eigenvalue weighted by Crippen LogP contribution is -2.39. The summed E-state index contributed by atoms with van der Waals surface area (Å²) < 4.78 is 10.7. The fraction of sp³-hybridized carbons (Fsp3) is 0.533. The average Bonchev–Trinajstić information content (AvgIpc) is 2.46. The van der Waals surface area contributed by atoms with Crippen LogP contribution in [0.2, 0.25) is 0 Å². The van der Waals surface area contributed by atoms with Gasteiger partial charge < -0.3 is 20.1 Å². The first-order valence-corrected chi connectivity index (χ1v) is 6.93. The lowest BCUT2D eigenvalue weighted by Gasteiger charge is -2.13. The molecular formula is C15H24N2O3. The zero-order valence-electron chi connectivity index (χ0n) is 12.4. The highest BCUT2D eigenvalue weighted by Gasteiger charge is 2.06. The molecule has 0 aliphatic rings. The maximum Gasteiger partial charge on any atom is 0.223 e. The number of carbonyl (C=O) groups is 1. The molecule has 5 nitrogen and oxygen atoms in total. The van der Waals surface area contributed by atoms with Crippen molar-refractivity contribution in [2.75, 3.05) is 26.8 Å². The molecule has 0 radical (unpaired) electrons. The molecular weight excluding hydrogens is 256 g/mol. The van der Waals surface area contributed by atoms with Crippen LogP contribution in [0.15, 0.2) is 24.3 Å². The van der Waals surface area contributed by atoms with Gasteiger partial charge in [-0.05, 0) is 25.6 Å². The van der Waals surface area contributed by atoms with Crippen molar-refractivity contribution in [2.45, 2.75) is 26.3 Å². The molecule has 2 N–H and O–H groups in total. The molecule has 1 aromatic carbocycles. The van der Waals surface area contributed by atoms with Crippen molar-refractivity contribution < 1.29 is 14.3 Å². The highest BCUT2D eigenvalue weighted by molar-refractivity contribution is 5.76. The monoisotopic (exact) mass is 280 g/mol. The lowest BCUT2D eigenvalue weighted by atomic mass is 10.3. The summed E-state index contributed by atoms with van der Waals surface area (Å²) in [6, 6.07) is 7.67. The van der Waals surface area contributed by atoms with E-state index in [2.05, 4.69) is 10.6 Å². The van der Waals surface area contributed by atoms with Crippen molar-refractivity contribution >= 4 is 5.91 Å². The van der Waals surface area contributed by atoms with Crippen LogP contribution < -0.4 is 20.1 Å². The maximum absolute atomic E-state index is 11.6. The van der Waals surface area contributed by atoms with E-state index in [9.17, 15) is 4.79 Å². The van der Waals surface area contributed by atoms with E-state index in [0.717, 1.165) is 6.54 Å². The van der Waals surface area contributed by atoms with Crippen molar-refractivity contribution in [3.8, 4) is 11.5 Å². The molecule has 0 saturated heterocycles. The molecule has 1 aromatic rings. The first-order valence-electron chi connectivity index (χ1n) is 6.93. The first-order chi connectivity index (χ1) is 9.67. The van der Waals surface area contributed by atoms with E-state index in [4.69, 9.17) is 9.47 Å². The van der Waals surface area contributed by atoms with Gasteiger partial charge in [0, 0.05) is 12.6 Å². The van der Waals surface area contributed by atoms with Crippen molar-refractivity contribution in [1.29, 1.82) is 0 Å². The van der Waals surface area contributed by atoms with Gasteiger partial charge in [0.1, 0.15) is 0 Å². The van der Waals surface area contributed by atoms with E-state index in [1.807, 2.05) is 38.1 Å². The smallest absolute Gasteiger partial charge is 0.223 e. The van der Waals surface area contributed by atoms with E-state index >= 15 is 0 Å². The summed E-state index contributed by atoms with van der Waals surface area (Å²) in [7, 11) is 1.59. The molecule has 0 heterocycles. The standard InChI is InChI=1S/C15H24N2O3/c1-4-16-12(2)11-17-15(18)9-10-20-14-8-6-5-7-13(14)19-3/h5-8,12,16H,4,9-11H2,1-3H3,(H,17,18)/t12-/m1/s1. The van der Waals surface area contributed by atoms with Crippen LogP contribution in [-0.4, -0.2) is 38.8 Å². The minimum atomic E-state index is -0.00958. The Morgan fingerprint density at radius 1 is 1.30 bits per heavy atom. The molecule has 1 atom stereocenters. The van der Waals surface area contributed by atoms with Crippen molar-refractivity contribution in [3.63, 3.8) is 0 Å². The number of rotatable bonds is 9. The SMILES string of the molecule is CCN[C@H](C)CNC(=O)CCOc1ccccc1OC. The van der Waals surface area contributed by atoms with E-state index < -0.39 is 0 Å². The summed E-state index contributed by atoms with van der Waals surface area (Å²) in [5, 5.41) is 6.10. The lowest BCUT2D eigenvalue weighted by molar-refractivity contribution is -0.121. The number of nitrogens with one attached hydrogen (secondary N) is 2. The Balaban J connectivity index is 2.25. The van der Waals surface area contributed by atoms with Gasteiger partial charge in [0.2, 0.25) is 5.91 Å². The predicted octanol–water partition coefficient (Wildman–Crippen LogP) is 1.58. The maximum atomic E-state index is 11.6. The minimum Gasteiger partial charge on any atom is -0.493 e. The third-order valence-electron chi connectivity index (χ3n) is 2.81. The van der Waals surface area contributed by atoms with Gasteiger partial charge in [0.15, 0.2) is 11.5 Å². The molecule has 0 fully saturated rings. The molecule has 0 saturated carbocycles. The van der Waals surface area contributed by atoms with Crippen LogP contribution in [0.5, 0.6) is 11.5 Å². The molecule has 1 rings (SSSR count). The van der Waals surface area contributed by atoms with Gasteiger partial charge in [-0.2, -0.15) is 0 Å². The Morgan fingerprint density at radius 3 is 2.65 bits per heavy atom. The van der Waals surface area contributed by atoms with E-state index in [-0.39, 0.29) is 11.9 Å². The number of hydrogen-bond donors (Lipinski definition) is 2.